The molecule has 1 aromatic heterocycles. The maximum Gasteiger partial charge on any atom is 0.227 e. The first-order valence-electron chi connectivity index (χ1n) is 6.37. The average Bonchev–Trinajstić information content (AvgIpc) is 2.84. The average molecular weight is 274 g/mol. The number of methoxy groups -OCH3 is 1. The van der Waals surface area contributed by atoms with Crippen LogP contribution in [0.1, 0.15) is 17.0 Å². The summed E-state index contributed by atoms with van der Waals surface area (Å²) in [5.41, 5.74) is 1.68. The number of aromatic nitrogens is 1. The van der Waals surface area contributed by atoms with Crippen LogP contribution in [0.15, 0.2) is 34.9 Å². The van der Waals surface area contributed by atoms with Crippen LogP contribution in [0.3, 0.4) is 0 Å². The fourth-order valence-electron chi connectivity index (χ4n) is 1.92. The third-order valence-electron chi connectivity index (χ3n) is 2.99. The van der Waals surface area contributed by atoms with E-state index < -0.39 is 0 Å². The van der Waals surface area contributed by atoms with E-state index in [4.69, 9.17) is 9.26 Å². The lowest BCUT2D eigenvalue weighted by atomic mass is 10.1. The molecule has 0 radical (unpaired) electrons. The molecule has 0 aliphatic carbocycles. The van der Waals surface area contributed by atoms with E-state index in [2.05, 4.69) is 5.16 Å². The van der Waals surface area contributed by atoms with E-state index in [1.165, 1.54) is 0 Å². The van der Waals surface area contributed by atoms with E-state index in [1.807, 2.05) is 37.3 Å². The number of carbonyl (C=O) groups excluding carboxylic acids is 1. The lowest BCUT2D eigenvalue weighted by molar-refractivity contribution is -0.129. The maximum absolute atomic E-state index is 12.1. The largest absolute Gasteiger partial charge is 0.497 e. The third kappa shape index (κ3) is 3.60. The number of benzene rings is 1. The Morgan fingerprint density at radius 1 is 1.40 bits per heavy atom. The van der Waals surface area contributed by atoms with Gasteiger partial charge in [0.25, 0.3) is 0 Å². The van der Waals surface area contributed by atoms with Crippen LogP contribution in [-0.4, -0.2) is 30.1 Å². The molecular formula is C15H18N2O3. The zero-order valence-electron chi connectivity index (χ0n) is 11.9. The van der Waals surface area contributed by atoms with Crippen molar-refractivity contribution in [2.75, 3.05) is 14.2 Å². The first-order valence-corrected chi connectivity index (χ1v) is 6.37. The van der Waals surface area contributed by atoms with Crippen molar-refractivity contribution in [3.8, 4) is 5.75 Å². The van der Waals surface area contributed by atoms with Crippen LogP contribution < -0.4 is 4.74 Å². The molecule has 0 atom stereocenters. The Labute approximate surface area is 118 Å². The van der Waals surface area contributed by atoms with Gasteiger partial charge in [0.15, 0.2) is 0 Å². The second-order valence-corrected chi connectivity index (χ2v) is 4.71. The maximum atomic E-state index is 12.1. The topological polar surface area (TPSA) is 55.6 Å². The quantitative estimate of drug-likeness (QED) is 0.838. The van der Waals surface area contributed by atoms with Gasteiger partial charge in [-0.2, -0.15) is 0 Å². The van der Waals surface area contributed by atoms with E-state index >= 15 is 0 Å². The second-order valence-electron chi connectivity index (χ2n) is 4.71. The van der Waals surface area contributed by atoms with Crippen molar-refractivity contribution in [2.45, 2.75) is 19.9 Å². The molecular weight excluding hydrogens is 256 g/mol. The highest BCUT2D eigenvalue weighted by Gasteiger charge is 2.12. The molecule has 5 heteroatoms. The Morgan fingerprint density at radius 3 is 2.85 bits per heavy atom. The van der Waals surface area contributed by atoms with Gasteiger partial charge in [0, 0.05) is 13.1 Å². The van der Waals surface area contributed by atoms with Crippen LogP contribution in [0.5, 0.6) is 5.75 Å². The molecule has 0 aliphatic heterocycles. The normalized spacial score (nSPS) is 10.3. The summed E-state index contributed by atoms with van der Waals surface area (Å²) in [7, 11) is 3.37. The van der Waals surface area contributed by atoms with Gasteiger partial charge in [0.2, 0.25) is 5.91 Å². The number of rotatable bonds is 5. The second kappa shape index (κ2) is 6.23. The highest BCUT2D eigenvalue weighted by molar-refractivity contribution is 5.78. The van der Waals surface area contributed by atoms with Crippen molar-refractivity contribution in [1.29, 1.82) is 0 Å². The molecule has 1 aromatic carbocycles. The van der Waals surface area contributed by atoms with E-state index in [9.17, 15) is 4.79 Å². The van der Waals surface area contributed by atoms with Crippen molar-refractivity contribution in [3.05, 3.63) is 47.3 Å². The summed E-state index contributed by atoms with van der Waals surface area (Å²) in [5.74, 6) is 1.53. The molecule has 5 nitrogen and oxygen atoms in total. The molecule has 1 amide bonds. The third-order valence-corrected chi connectivity index (χ3v) is 2.99. The number of nitrogens with zero attached hydrogens (tertiary/aromatic N) is 2. The summed E-state index contributed by atoms with van der Waals surface area (Å²) in [6.07, 6.45) is 0.338. The van der Waals surface area contributed by atoms with Gasteiger partial charge in [0.05, 0.1) is 20.1 Å². The van der Waals surface area contributed by atoms with Gasteiger partial charge >= 0.3 is 0 Å². The Bertz CT molecular complexity index is 592. The number of amides is 1. The molecule has 0 unspecified atom stereocenters. The molecule has 0 aliphatic rings. The van der Waals surface area contributed by atoms with Crippen molar-refractivity contribution >= 4 is 5.91 Å². The Balaban J connectivity index is 1.96. The van der Waals surface area contributed by atoms with Gasteiger partial charge in [-0.15, -0.1) is 0 Å². The number of aryl methyl sites for hydroxylation is 1. The van der Waals surface area contributed by atoms with Crippen LogP contribution in [0.2, 0.25) is 0 Å². The summed E-state index contributed by atoms with van der Waals surface area (Å²) in [6, 6.07) is 9.34. The molecule has 0 bridgehead atoms. The number of hydrogen-bond donors (Lipinski definition) is 0. The molecule has 0 fully saturated rings. The molecule has 1 heterocycles. The van der Waals surface area contributed by atoms with E-state index in [-0.39, 0.29) is 5.91 Å². The summed E-state index contributed by atoms with van der Waals surface area (Å²) in [4.78, 5) is 13.8. The standard InChI is InChI=1S/C15H18N2O3/c1-11-7-13(16-20-11)10-17(2)15(18)9-12-5-4-6-14(8-12)19-3/h4-8H,9-10H2,1-3H3. The number of carbonyl (C=O) groups is 1. The highest BCUT2D eigenvalue weighted by atomic mass is 16.5. The Hall–Kier alpha value is -2.30. The van der Waals surface area contributed by atoms with Crippen molar-refractivity contribution in [1.82, 2.24) is 10.1 Å². The van der Waals surface area contributed by atoms with Gasteiger partial charge in [-0.3, -0.25) is 4.79 Å². The summed E-state index contributed by atoms with van der Waals surface area (Å²) in [6.45, 7) is 2.27. The summed E-state index contributed by atoms with van der Waals surface area (Å²) >= 11 is 0. The first kappa shape index (κ1) is 14.1. The predicted molar refractivity (Wildman–Crippen MR) is 74.4 cm³/mol. The zero-order chi connectivity index (χ0) is 14.5. The molecule has 2 aromatic rings. The smallest absolute Gasteiger partial charge is 0.227 e. The minimum atomic E-state index is 0.0268. The SMILES string of the molecule is COc1cccc(CC(=O)N(C)Cc2cc(C)on2)c1. The van der Waals surface area contributed by atoms with Gasteiger partial charge in [-0.05, 0) is 24.6 Å². The van der Waals surface area contributed by atoms with Crippen LogP contribution in [0, 0.1) is 6.92 Å². The van der Waals surface area contributed by atoms with Crippen LogP contribution in [-0.2, 0) is 17.8 Å². The monoisotopic (exact) mass is 274 g/mol. The van der Waals surface area contributed by atoms with Crippen LogP contribution in [0.4, 0.5) is 0 Å². The minimum Gasteiger partial charge on any atom is -0.497 e. The molecule has 2 rings (SSSR count). The molecule has 0 spiro atoms. The Morgan fingerprint density at radius 2 is 2.20 bits per heavy atom. The fraction of sp³-hybridized carbons (Fsp3) is 0.333. The van der Waals surface area contributed by atoms with Gasteiger partial charge in [-0.1, -0.05) is 17.3 Å². The summed E-state index contributed by atoms with van der Waals surface area (Å²) in [5, 5.41) is 3.88. The van der Waals surface area contributed by atoms with Crippen molar-refractivity contribution in [2.24, 2.45) is 0 Å². The van der Waals surface area contributed by atoms with E-state index in [0.29, 0.717) is 13.0 Å². The lowest BCUT2D eigenvalue weighted by Gasteiger charge is -2.15. The fourth-order valence-corrected chi connectivity index (χ4v) is 1.92. The van der Waals surface area contributed by atoms with Crippen LogP contribution >= 0.6 is 0 Å². The Kier molecular flexibility index (Phi) is 4.40. The molecule has 0 N–H and O–H groups in total. The molecule has 20 heavy (non-hydrogen) atoms. The molecule has 0 saturated carbocycles. The number of hydrogen-bond acceptors (Lipinski definition) is 4. The predicted octanol–water partition coefficient (Wildman–Crippen LogP) is 2.19. The van der Waals surface area contributed by atoms with Crippen LogP contribution in [0.25, 0.3) is 0 Å². The van der Waals surface area contributed by atoms with Gasteiger partial charge in [0.1, 0.15) is 17.2 Å². The zero-order valence-corrected chi connectivity index (χ0v) is 11.9. The van der Waals surface area contributed by atoms with Crippen molar-refractivity contribution < 1.29 is 14.1 Å². The first-order chi connectivity index (χ1) is 9.58. The lowest BCUT2D eigenvalue weighted by Crippen LogP contribution is -2.27. The highest BCUT2D eigenvalue weighted by Crippen LogP contribution is 2.14. The van der Waals surface area contributed by atoms with E-state index in [0.717, 1.165) is 22.8 Å². The minimum absolute atomic E-state index is 0.0268. The van der Waals surface area contributed by atoms with Crippen molar-refractivity contribution in [3.63, 3.8) is 0 Å². The number of likely N-dealkylation sites (N-methyl/N-ethyl adjacent to an activating group) is 1. The van der Waals surface area contributed by atoms with Gasteiger partial charge in [-0.25, -0.2) is 0 Å². The summed E-state index contributed by atoms with van der Waals surface area (Å²) < 4.78 is 10.1. The van der Waals surface area contributed by atoms with Gasteiger partial charge < -0.3 is 14.2 Å². The van der Waals surface area contributed by atoms with E-state index in [1.54, 1.807) is 19.1 Å². The number of ether oxygens (including phenoxy) is 1. The molecule has 106 valence electrons. The molecule has 0 saturated heterocycles.